The zero-order chi connectivity index (χ0) is 10.7. The summed E-state index contributed by atoms with van der Waals surface area (Å²) in [5, 5.41) is 11.2. The second-order valence-corrected chi connectivity index (χ2v) is 4.66. The van der Waals surface area contributed by atoms with Gasteiger partial charge in [0, 0.05) is 22.8 Å². The molecule has 2 aromatic heterocycles. The summed E-state index contributed by atoms with van der Waals surface area (Å²) in [5.74, 6) is -0.0712. The Bertz CT molecular complexity index is 452. The minimum absolute atomic E-state index is 0.0712. The third kappa shape index (κ3) is 2.45. The maximum absolute atomic E-state index is 11.7. The number of amides is 1. The summed E-state index contributed by atoms with van der Waals surface area (Å²) in [4.78, 5) is 12.4. The fourth-order valence-corrected chi connectivity index (χ4v) is 2.56. The van der Waals surface area contributed by atoms with Crippen LogP contribution in [0.5, 0.6) is 0 Å². The van der Waals surface area contributed by atoms with Crippen LogP contribution in [-0.2, 0) is 6.54 Å². The van der Waals surface area contributed by atoms with Crippen LogP contribution in [0.2, 0.25) is 0 Å². The summed E-state index contributed by atoms with van der Waals surface area (Å²) in [6, 6.07) is 1.86. The van der Waals surface area contributed by atoms with E-state index in [0.29, 0.717) is 11.4 Å². The molecule has 0 aliphatic carbocycles. The van der Waals surface area contributed by atoms with Crippen LogP contribution in [-0.4, -0.2) is 16.1 Å². The predicted molar refractivity (Wildman–Crippen MR) is 61.8 cm³/mol. The van der Waals surface area contributed by atoms with Crippen molar-refractivity contribution >= 4 is 33.2 Å². The smallest absolute Gasteiger partial charge is 0.262 e. The highest BCUT2D eigenvalue weighted by Crippen LogP contribution is 2.22. The topological polar surface area (TPSA) is 57.8 Å². The zero-order valence-electron chi connectivity index (χ0n) is 7.66. The number of aromatic nitrogens is 2. The van der Waals surface area contributed by atoms with Gasteiger partial charge in [-0.2, -0.15) is 5.10 Å². The number of hydrogen-bond acceptors (Lipinski definition) is 3. The van der Waals surface area contributed by atoms with E-state index < -0.39 is 0 Å². The van der Waals surface area contributed by atoms with Crippen molar-refractivity contribution in [2.24, 2.45) is 0 Å². The Morgan fingerprint density at radius 2 is 2.53 bits per heavy atom. The lowest BCUT2D eigenvalue weighted by Crippen LogP contribution is -2.21. The molecule has 2 heterocycles. The Hall–Kier alpha value is -1.14. The first-order valence-electron chi connectivity index (χ1n) is 4.26. The monoisotopic (exact) mass is 285 g/mol. The summed E-state index contributed by atoms with van der Waals surface area (Å²) in [6.45, 7) is 0.486. The fourth-order valence-electron chi connectivity index (χ4n) is 1.09. The van der Waals surface area contributed by atoms with E-state index in [9.17, 15) is 4.79 Å². The van der Waals surface area contributed by atoms with E-state index in [1.54, 1.807) is 12.4 Å². The van der Waals surface area contributed by atoms with Gasteiger partial charge in [0.05, 0.1) is 6.20 Å². The SMILES string of the molecule is O=C(NCc1cn[nH]c1)c1sccc1Br. The molecule has 78 valence electrons. The molecule has 0 aliphatic rings. The van der Waals surface area contributed by atoms with Gasteiger partial charge in [0.2, 0.25) is 0 Å². The Morgan fingerprint density at radius 3 is 3.13 bits per heavy atom. The van der Waals surface area contributed by atoms with E-state index in [2.05, 4.69) is 31.4 Å². The molecule has 0 fully saturated rings. The van der Waals surface area contributed by atoms with Crippen molar-refractivity contribution in [1.82, 2.24) is 15.5 Å². The maximum atomic E-state index is 11.7. The number of hydrogen-bond donors (Lipinski definition) is 2. The van der Waals surface area contributed by atoms with Gasteiger partial charge in [-0.25, -0.2) is 0 Å². The molecule has 0 atom stereocenters. The van der Waals surface area contributed by atoms with Crippen molar-refractivity contribution in [3.8, 4) is 0 Å². The molecule has 2 N–H and O–H groups in total. The van der Waals surface area contributed by atoms with Crippen molar-refractivity contribution in [2.45, 2.75) is 6.54 Å². The van der Waals surface area contributed by atoms with E-state index in [1.165, 1.54) is 11.3 Å². The Labute approximate surface area is 98.8 Å². The molecule has 0 saturated carbocycles. The van der Waals surface area contributed by atoms with Crippen molar-refractivity contribution < 1.29 is 4.79 Å². The van der Waals surface area contributed by atoms with Crippen molar-refractivity contribution in [2.75, 3.05) is 0 Å². The van der Waals surface area contributed by atoms with Gasteiger partial charge in [-0.05, 0) is 27.4 Å². The number of carbonyl (C=O) groups excluding carboxylic acids is 1. The largest absolute Gasteiger partial charge is 0.347 e. The highest BCUT2D eigenvalue weighted by molar-refractivity contribution is 9.10. The summed E-state index contributed by atoms with van der Waals surface area (Å²) < 4.78 is 0.831. The molecule has 2 rings (SSSR count). The summed E-state index contributed by atoms with van der Waals surface area (Å²) in [7, 11) is 0. The number of H-pyrrole nitrogens is 1. The Morgan fingerprint density at radius 1 is 1.67 bits per heavy atom. The molecule has 0 radical (unpaired) electrons. The Kier molecular flexibility index (Phi) is 3.17. The summed E-state index contributed by atoms with van der Waals surface area (Å²) in [5.41, 5.74) is 0.955. The predicted octanol–water partition coefficient (Wildman–Crippen LogP) is 2.16. The third-order valence-corrected chi connectivity index (χ3v) is 3.67. The van der Waals surface area contributed by atoms with Gasteiger partial charge in [-0.3, -0.25) is 9.89 Å². The van der Waals surface area contributed by atoms with Crippen LogP contribution in [0.1, 0.15) is 15.2 Å². The van der Waals surface area contributed by atoms with E-state index in [-0.39, 0.29) is 5.91 Å². The summed E-state index contributed by atoms with van der Waals surface area (Å²) >= 11 is 4.73. The van der Waals surface area contributed by atoms with Gasteiger partial charge in [0.15, 0.2) is 0 Å². The lowest BCUT2D eigenvalue weighted by Gasteiger charge is -2.01. The number of halogens is 1. The lowest BCUT2D eigenvalue weighted by atomic mass is 10.3. The van der Waals surface area contributed by atoms with Crippen molar-refractivity contribution in [1.29, 1.82) is 0 Å². The Balaban J connectivity index is 1.96. The van der Waals surface area contributed by atoms with Gasteiger partial charge < -0.3 is 5.32 Å². The van der Waals surface area contributed by atoms with Crippen LogP contribution in [0.3, 0.4) is 0 Å². The van der Waals surface area contributed by atoms with Gasteiger partial charge >= 0.3 is 0 Å². The molecular weight excluding hydrogens is 278 g/mol. The highest BCUT2D eigenvalue weighted by Gasteiger charge is 2.10. The van der Waals surface area contributed by atoms with Crippen LogP contribution in [0, 0.1) is 0 Å². The average Bonchev–Trinajstić information content (AvgIpc) is 2.84. The molecule has 0 unspecified atom stereocenters. The first-order valence-corrected chi connectivity index (χ1v) is 5.93. The molecule has 0 saturated heterocycles. The standard InChI is InChI=1S/C9H8BrN3OS/c10-7-1-2-15-8(7)9(14)11-3-6-4-12-13-5-6/h1-2,4-5H,3H2,(H,11,14)(H,12,13). The number of carbonyl (C=O) groups is 1. The minimum atomic E-state index is -0.0712. The lowest BCUT2D eigenvalue weighted by molar-refractivity contribution is 0.0954. The van der Waals surface area contributed by atoms with Gasteiger partial charge in [-0.15, -0.1) is 11.3 Å². The van der Waals surface area contributed by atoms with Crippen molar-refractivity contribution in [3.63, 3.8) is 0 Å². The van der Waals surface area contributed by atoms with E-state index in [4.69, 9.17) is 0 Å². The van der Waals surface area contributed by atoms with Crippen LogP contribution < -0.4 is 5.32 Å². The maximum Gasteiger partial charge on any atom is 0.262 e. The zero-order valence-corrected chi connectivity index (χ0v) is 10.1. The number of thiophene rings is 1. The first kappa shape index (κ1) is 10.4. The molecule has 4 nitrogen and oxygen atoms in total. The van der Waals surface area contributed by atoms with E-state index in [0.717, 1.165) is 10.0 Å². The van der Waals surface area contributed by atoms with Gasteiger partial charge in [-0.1, -0.05) is 0 Å². The number of aromatic amines is 1. The first-order chi connectivity index (χ1) is 7.27. The molecule has 0 spiro atoms. The van der Waals surface area contributed by atoms with E-state index >= 15 is 0 Å². The van der Waals surface area contributed by atoms with Crippen LogP contribution in [0.4, 0.5) is 0 Å². The number of nitrogens with zero attached hydrogens (tertiary/aromatic N) is 1. The quantitative estimate of drug-likeness (QED) is 0.908. The third-order valence-electron chi connectivity index (χ3n) is 1.83. The van der Waals surface area contributed by atoms with Crippen molar-refractivity contribution in [3.05, 3.63) is 38.8 Å². The second kappa shape index (κ2) is 4.59. The number of rotatable bonds is 3. The molecule has 0 aliphatic heterocycles. The molecule has 0 bridgehead atoms. The molecule has 2 aromatic rings. The van der Waals surface area contributed by atoms with Gasteiger partial charge in [0.25, 0.3) is 5.91 Å². The molecular formula is C9H8BrN3OS. The van der Waals surface area contributed by atoms with Crippen LogP contribution in [0.15, 0.2) is 28.3 Å². The average molecular weight is 286 g/mol. The number of nitrogens with one attached hydrogen (secondary N) is 2. The highest BCUT2D eigenvalue weighted by atomic mass is 79.9. The summed E-state index contributed by atoms with van der Waals surface area (Å²) in [6.07, 6.45) is 3.44. The van der Waals surface area contributed by atoms with E-state index in [1.807, 2.05) is 11.4 Å². The van der Waals surface area contributed by atoms with Crippen LogP contribution in [0.25, 0.3) is 0 Å². The minimum Gasteiger partial charge on any atom is -0.347 e. The van der Waals surface area contributed by atoms with Crippen LogP contribution >= 0.6 is 27.3 Å². The molecule has 6 heteroatoms. The van der Waals surface area contributed by atoms with Gasteiger partial charge in [0.1, 0.15) is 4.88 Å². The molecule has 0 aromatic carbocycles. The molecule has 15 heavy (non-hydrogen) atoms. The fraction of sp³-hybridized carbons (Fsp3) is 0.111. The second-order valence-electron chi connectivity index (χ2n) is 2.89. The molecule has 1 amide bonds. The normalized spacial score (nSPS) is 10.2.